The lowest BCUT2D eigenvalue weighted by atomic mass is 9.77. The quantitative estimate of drug-likeness (QED) is 0.676. The van der Waals surface area contributed by atoms with Gasteiger partial charge in [0.05, 0.1) is 0 Å². The first-order chi connectivity index (χ1) is 5.61. The van der Waals surface area contributed by atoms with Crippen LogP contribution in [0.25, 0.3) is 0 Å². The molecule has 0 radical (unpaired) electrons. The molecule has 0 aromatic carbocycles. The molecule has 1 aliphatic rings. The van der Waals surface area contributed by atoms with Gasteiger partial charge in [0, 0.05) is 6.04 Å². The van der Waals surface area contributed by atoms with E-state index in [2.05, 4.69) is 20.8 Å². The molecule has 0 saturated heterocycles. The lowest BCUT2D eigenvalue weighted by molar-refractivity contribution is 0.225. The second kappa shape index (κ2) is 4.27. The van der Waals surface area contributed by atoms with Gasteiger partial charge in [-0.2, -0.15) is 0 Å². The molecule has 1 saturated carbocycles. The Hall–Kier alpha value is -0.0400. The summed E-state index contributed by atoms with van der Waals surface area (Å²) < 4.78 is 0. The van der Waals surface area contributed by atoms with E-state index < -0.39 is 0 Å². The minimum absolute atomic E-state index is 0.442. The van der Waals surface area contributed by atoms with Gasteiger partial charge in [-0.25, -0.2) is 0 Å². The molecule has 2 N–H and O–H groups in total. The molecule has 1 rings (SSSR count). The maximum atomic E-state index is 6.14. The Bertz CT molecular complexity index is 123. The highest BCUT2D eigenvalue weighted by atomic mass is 14.7. The summed E-state index contributed by atoms with van der Waals surface area (Å²) in [5.74, 6) is 2.41. The highest BCUT2D eigenvalue weighted by Crippen LogP contribution is 2.31. The summed E-state index contributed by atoms with van der Waals surface area (Å²) in [6.07, 6.45) is 5.51. The molecule has 0 aromatic heterocycles. The van der Waals surface area contributed by atoms with Crippen molar-refractivity contribution in [1.82, 2.24) is 0 Å². The Balaban J connectivity index is 2.34. The van der Waals surface area contributed by atoms with Crippen LogP contribution in [-0.4, -0.2) is 6.04 Å². The number of rotatable bonds is 2. The standard InChI is InChI=1S/C11H23N/c1-8(2)11(12)10-6-4-9(3)5-7-10/h8-11H,4-7,12H2,1-3H3. The minimum Gasteiger partial charge on any atom is -0.327 e. The zero-order chi connectivity index (χ0) is 9.14. The molecule has 0 bridgehead atoms. The Morgan fingerprint density at radius 1 is 1.08 bits per heavy atom. The number of hydrogen-bond donors (Lipinski definition) is 1. The van der Waals surface area contributed by atoms with Crippen LogP contribution in [0.4, 0.5) is 0 Å². The summed E-state index contributed by atoms with van der Waals surface area (Å²) in [6, 6.07) is 0.442. The summed E-state index contributed by atoms with van der Waals surface area (Å²) in [5, 5.41) is 0. The molecule has 1 aliphatic carbocycles. The van der Waals surface area contributed by atoms with Crippen LogP contribution in [0, 0.1) is 17.8 Å². The molecular weight excluding hydrogens is 146 g/mol. The van der Waals surface area contributed by atoms with Gasteiger partial charge >= 0.3 is 0 Å². The highest BCUT2D eigenvalue weighted by molar-refractivity contribution is 4.80. The SMILES string of the molecule is CC1CCC(C(N)C(C)C)CC1. The second-order valence-electron chi connectivity index (χ2n) is 4.84. The second-order valence-corrected chi connectivity index (χ2v) is 4.84. The molecule has 12 heavy (non-hydrogen) atoms. The van der Waals surface area contributed by atoms with E-state index in [0.29, 0.717) is 12.0 Å². The molecule has 0 aromatic rings. The molecule has 0 spiro atoms. The van der Waals surface area contributed by atoms with Crippen LogP contribution >= 0.6 is 0 Å². The lowest BCUT2D eigenvalue weighted by Gasteiger charge is -2.32. The van der Waals surface area contributed by atoms with Crippen molar-refractivity contribution >= 4 is 0 Å². The molecule has 0 aliphatic heterocycles. The van der Waals surface area contributed by atoms with Crippen LogP contribution in [0.1, 0.15) is 46.5 Å². The molecule has 0 heterocycles. The van der Waals surface area contributed by atoms with E-state index in [4.69, 9.17) is 5.73 Å². The van der Waals surface area contributed by atoms with E-state index >= 15 is 0 Å². The molecule has 1 nitrogen and oxygen atoms in total. The molecule has 1 atom stereocenters. The molecule has 1 heteroatoms. The third kappa shape index (κ3) is 2.48. The number of nitrogens with two attached hydrogens (primary N) is 1. The third-order valence-electron chi connectivity index (χ3n) is 3.37. The fourth-order valence-electron chi connectivity index (χ4n) is 2.22. The van der Waals surface area contributed by atoms with Gasteiger partial charge in [0.1, 0.15) is 0 Å². The van der Waals surface area contributed by atoms with Crippen LogP contribution in [0.15, 0.2) is 0 Å². The van der Waals surface area contributed by atoms with E-state index in [1.165, 1.54) is 25.7 Å². The Labute approximate surface area is 76.7 Å². The van der Waals surface area contributed by atoms with E-state index in [1.807, 2.05) is 0 Å². The van der Waals surface area contributed by atoms with Crippen molar-refractivity contribution in [3.63, 3.8) is 0 Å². The van der Waals surface area contributed by atoms with Crippen LogP contribution < -0.4 is 5.73 Å². The van der Waals surface area contributed by atoms with E-state index in [-0.39, 0.29) is 0 Å². The van der Waals surface area contributed by atoms with E-state index in [1.54, 1.807) is 0 Å². The van der Waals surface area contributed by atoms with Gasteiger partial charge in [-0.05, 0) is 30.6 Å². The first-order valence-corrected chi connectivity index (χ1v) is 5.37. The first-order valence-electron chi connectivity index (χ1n) is 5.37. The fraction of sp³-hybridized carbons (Fsp3) is 1.00. The fourth-order valence-corrected chi connectivity index (χ4v) is 2.22. The van der Waals surface area contributed by atoms with Crippen molar-refractivity contribution in [2.75, 3.05) is 0 Å². The van der Waals surface area contributed by atoms with Crippen LogP contribution in [-0.2, 0) is 0 Å². The van der Waals surface area contributed by atoms with Crippen molar-refractivity contribution < 1.29 is 0 Å². The van der Waals surface area contributed by atoms with Crippen LogP contribution in [0.3, 0.4) is 0 Å². The van der Waals surface area contributed by atoms with E-state index in [0.717, 1.165) is 11.8 Å². The van der Waals surface area contributed by atoms with Gasteiger partial charge in [0.25, 0.3) is 0 Å². The van der Waals surface area contributed by atoms with Crippen LogP contribution in [0.2, 0.25) is 0 Å². The predicted molar refractivity (Wildman–Crippen MR) is 53.9 cm³/mol. The smallest absolute Gasteiger partial charge is 0.00903 e. The van der Waals surface area contributed by atoms with Gasteiger partial charge in [0.2, 0.25) is 0 Å². The van der Waals surface area contributed by atoms with Crippen molar-refractivity contribution in [3.05, 3.63) is 0 Å². The monoisotopic (exact) mass is 169 g/mol. The van der Waals surface area contributed by atoms with Crippen LogP contribution in [0.5, 0.6) is 0 Å². The summed E-state index contributed by atoms with van der Waals surface area (Å²) in [4.78, 5) is 0. The van der Waals surface area contributed by atoms with Gasteiger partial charge in [-0.3, -0.25) is 0 Å². The molecular formula is C11H23N. The third-order valence-corrected chi connectivity index (χ3v) is 3.37. The molecule has 1 fully saturated rings. The molecule has 1 unspecified atom stereocenters. The van der Waals surface area contributed by atoms with Crippen molar-refractivity contribution in [2.45, 2.75) is 52.5 Å². The zero-order valence-corrected chi connectivity index (χ0v) is 8.72. The molecule has 0 amide bonds. The van der Waals surface area contributed by atoms with Gasteiger partial charge in [0.15, 0.2) is 0 Å². The largest absolute Gasteiger partial charge is 0.327 e. The zero-order valence-electron chi connectivity index (χ0n) is 8.72. The maximum Gasteiger partial charge on any atom is 0.00903 e. The Kier molecular flexibility index (Phi) is 3.57. The lowest BCUT2D eigenvalue weighted by Crippen LogP contribution is -2.36. The number of hydrogen-bond acceptors (Lipinski definition) is 1. The summed E-state index contributed by atoms with van der Waals surface area (Å²) in [7, 11) is 0. The van der Waals surface area contributed by atoms with Crippen molar-refractivity contribution in [3.8, 4) is 0 Å². The van der Waals surface area contributed by atoms with Gasteiger partial charge in [-0.1, -0.05) is 33.6 Å². The van der Waals surface area contributed by atoms with Crippen molar-refractivity contribution in [2.24, 2.45) is 23.5 Å². The topological polar surface area (TPSA) is 26.0 Å². The predicted octanol–water partition coefficient (Wildman–Crippen LogP) is 2.80. The average Bonchev–Trinajstić information content (AvgIpc) is 2.04. The highest BCUT2D eigenvalue weighted by Gasteiger charge is 2.24. The maximum absolute atomic E-state index is 6.14. The summed E-state index contributed by atoms with van der Waals surface area (Å²) >= 11 is 0. The minimum atomic E-state index is 0.442. The van der Waals surface area contributed by atoms with Crippen molar-refractivity contribution in [1.29, 1.82) is 0 Å². The average molecular weight is 169 g/mol. The van der Waals surface area contributed by atoms with Gasteiger partial charge < -0.3 is 5.73 Å². The van der Waals surface area contributed by atoms with E-state index in [9.17, 15) is 0 Å². The van der Waals surface area contributed by atoms with Gasteiger partial charge in [-0.15, -0.1) is 0 Å². The summed E-state index contributed by atoms with van der Waals surface area (Å²) in [6.45, 7) is 6.84. The first kappa shape index (κ1) is 10.0. The normalized spacial score (nSPS) is 33.8. The Morgan fingerprint density at radius 3 is 2.00 bits per heavy atom. The molecule has 72 valence electrons. The Morgan fingerprint density at radius 2 is 1.58 bits per heavy atom. The summed E-state index contributed by atoms with van der Waals surface area (Å²) in [5.41, 5.74) is 6.14.